The molecule has 0 aliphatic carbocycles. The predicted molar refractivity (Wildman–Crippen MR) is 71.8 cm³/mol. The van der Waals surface area contributed by atoms with Gasteiger partial charge in [0.1, 0.15) is 0 Å². The van der Waals surface area contributed by atoms with Gasteiger partial charge in [-0.3, -0.25) is 9.48 Å². The Kier molecular flexibility index (Phi) is 5.34. The maximum atomic E-state index is 12.0. The normalized spacial score (nSPS) is 12.8. The van der Waals surface area contributed by atoms with E-state index in [1.165, 1.54) is 0 Å². The van der Waals surface area contributed by atoms with E-state index in [1.807, 2.05) is 20.2 Å². The van der Waals surface area contributed by atoms with Crippen molar-refractivity contribution in [3.63, 3.8) is 0 Å². The standard InChI is InChI=1S/C13H24N4O/c1-9(2)5-11(6-14)13(18)15-7-12-8-17(4)16-10(12)3/h8-9,11H,5-7,14H2,1-4H3,(H,15,18). The van der Waals surface area contributed by atoms with Crippen LogP contribution >= 0.6 is 0 Å². The van der Waals surface area contributed by atoms with Gasteiger partial charge < -0.3 is 11.1 Å². The Bertz CT molecular complexity index is 398. The van der Waals surface area contributed by atoms with Crippen molar-refractivity contribution in [2.45, 2.75) is 33.7 Å². The van der Waals surface area contributed by atoms with E-state index in [0.717, 1.165) is 17.7 Å². The molecule has 0 fully saturated rings. The first-order valence-electron chi connectivity index (χ1n) is 6.41. The van der Waals surface area contributed by atoms with Crippen molar-refractivity contribution in [1.82, 2.24) is 15.1 Å². The van der Waals surface area contributed by atoms with Gasteiger partial charge in [-0.1, -0.05) is 13.8 Å². The molecular weight excluding hydrogens is 228 g/mol. The maximum absolute atomic E-state index is 12.0. The van der Waals surface area contributed by atoms with Crippen LogP contribution in [-0.2, 0) is 18.4 Å². The van der Waals surface area contributed by atoms with Crippen molar-refractivity contribution in [3.05, 3.63) is 17.5 Å². The molecule has 1 aromatic rings. The lowest BCUT2D eigenvalue weighted by molar-refractivity contribution is -0.125. The van der Waals surface area contributed by atoms with Crippen molar-refractivity contribution in [1.29, 1.82) is 0 Å². The number of rotatable bonds is 6. The summed E-state index contributed by atoms with van der Waals surface area (Å²) < 4.78 is 1.76. The lowest BCUT2D eigenvalue weighted by Gasteiger charge is -2.16. The van der Waals surface area contributed by atoms with Crippen LogP contribution in [0.5, 0.6) is 0 Å². The number of nitrogens with one attached hydrogen (secondary N) is 1. The molecule has 1 heterocycles. The largest absolute Gasteiger partial charge is 0.352 e. The summed E-state index contributed by atoms with van der Waals surface area (Å²) in [5, 5.41) is 7.18. The summed E-state index contributed by atoms with van der Waals surface area (Å²) >= 11 is 0. The first kappa shape index (κ1) is 14.7. The van der Waals surface area contributed by atoms with Gasteiger partial charge in [0, 0.05) is 31.9 Å². The summed E-state index contributed by atoms with van der Waals surface area (Å²) in [5.74, 6) is 0.417. The second kappa shape index (κ2) is 6.54. The highest BCUT2D eigenvalue weighted by Gasteiger charge is 2.18. The van der Waals surface area contributed by atoms with Gasteiger partial charge >= 0.3 is 0 Å². The van der Waals surface area contributed by atoms with Crippen LogP contribution in [-0.4, -0.2) is 22.2 Å². The van der Waals surface area contributed by atoms with E-state index in [1.54, 1.807) is 4.68 Å². The third-order valence-electron chi connectivity index (χ3n) is 2.98. The zero-order valence-corrected chi connectivity index (χ0v) is 11.7. The molecule has 1 aromatic heterocycles. The number of nitrogens with two attached hydrogens (primary N) is 1. The van der Waals surface area contributed by atoms with Crippen LogP contribution in [0.4, 0.5) is 0 Å². The van der Waals surface area contributed by atoms with Crippen molar-refractivity contribution in [2.75, 3.05) is 6.54 Å². The number of hydrogen-bond acceptors (Lipinski definition) is 3. The van der Waals surface area contributed by atoms with Crippen LogP contribution < -0.4 is 11.1 Å². The molecule has 0 saturated heterocycles. The van der Waals surface area contributed by atoms with Gasteiger partial charge in [-0.25, -0.2) is 0 Å². The Labute approximate surface area is 109 Å². The van der Waals surface area contributed by atoms with Crippen LogP contribution in [0, 0.1) is 18.8 Å². The van der Waals surface area contributed by atoms with E-state index in [0.29, 0.717) is 19.0 Å². The van der Waals surface area contributed by atoms with E-state index in [4.69, 9.17) is 5.73 Å². The van der Waals surface area contributed by atoms with Crippen molar-refractivity contribution >= 4 is 5.91 Å². The zero-order chi connectivity index (χ0) is 13.7. The molecule has 0 bridgehead atoms. The first-order valence-corrected chi connectivity index (χ1v) is 6.41. The first-order chi connectivity index (χ1) is 8.43. The summed E-state index contributed by atoms with van der Waals surface area (Å²) in [4.78, 5) is 12.0. The molecular formula is C13H24N4O. The van der Waals surface area contributed by atoms with Gasteiger partial charge in [-0.15, -0.1) is 0 Å². The summed E-state index contributed by atoms with van der Waals surface area (Å²) in [6.45, 7) is 7.06. The van der Waals surface area contributed by atoms with E-state index in [2.05, 4.69) is 24.3 Å². The quantitative estimate of drug-likeness (QED) is 0.792. The number of aryl methyl sites for hydroxylation is 2. The smallest absolute Gasteiger partial charge is 0.224 e. The van der Waals surface area contributed by atoms with Crippen LogP contribution in [0.25, 0.3) is 0 Å². The van der Waals surface area contributed by atoms with Crippen molar-refractivity contribution in [2.24, 2.45) is 24.6 Å². The number of carbonyl (C=O) groups excluding carboxylic acids is 1. The van der Waals surface area contributed by atoms with Gasteiger partial charge in [0.2, 0.25) is 5.91 Å². The minimum Gasteiger partial charge on any atom is -0.352 e. The molecule has 1 amide bonds. The summed E-state index contributed by atoms with van der Waals surface area (Å²) in [6.07, 6.45) is 2.75. The van der Waals surface area contributed by atoms with Gasteiger partial charge in [0.05, 0.1) is 11.6 Å². The third kappa shape index (κ3) is 4.14. The molecule has 102 valence electrons. The van der Waals surface area contributed by atoms with E-state index in [-0.39, 0.29) is 11.8 Å². The molecule has 3 N–H and O–H groups in total. The summed E-state index contributed by atoms with van der Waals surface area (Å²) in [5.41, 5.74) is 7.64. The second-order valence-electron chi connectivity index (χ2n) is 5.19. The average molecular weight is 252 g/mol. The predicted octanol–water partition coefficient (Wildman–Crippen LogP) is 0.966. The lowest BCUT2D eigenvalue weighted by Crippen LogP contribution is -2.35. The minimum atomic E-state index is -0.0954. The van der Waals surface area contributed by atoms with E-state index >= 15 is 0 Å². The summed E-state index contributed by atoms with van der Waals surface area (Å²) in [7, 11) is 1.87. The van der Waals surface area contributed by atoms with E-state index < -0.39 is 0 Å². The highest BCUT2D eigenvalue weighted by molar-refractivity contribution is 5.78. The number of aromatic nitrogens is 2. The van der Waals surface area contributed by atoms with Crippen LogP contribution in [0.1, 0.15) is 31.5 Å². The fourth-order valence-electron chi connectivity index (χ4n) is 2.03. The average Bonchev–Trinajstić information content (AvgIpc) is 2.61. The molecule has 0 saturated carbocycles. The summed E-state index contributed by atoms with van der Waals surface area (Å²) in [6, 6.07) is 0. The number of carbonyl (C=O) groups is 1. The number of hydrogen-bond donors (Lipinski definition) is 2. The van der Waals surface area contributed by atoms with E-state index in [9.17, 15) is 4.79 Å². The molecule has 18 heavy (non-hydrogen) atoms. The topological polar surface area (TPSA) is 72.9 Å². The zero-order valence-electron chi connectivity index (χ0n) is 11.7. The highest BCUT2D eigenvalue weighted by atomic mass is 16.1. The fraction of sp³-hybridized carbons (Fsp3) is 0.692. The molecule has 0 aliphatic heterocycles. The minimum absolute atomic E-state index is 0.0365. The van der Waals surface area contributed by atoms with Gasteiger partial charge in [0.25, 0.3) is 0 Å². The Morgan fingerprint density at radius 3 is 2.67 bits per heavy atom. The molecule has 0 spiro atoms. The molecule has 1 unspecified atom stereocenters. The molecule has 1 atom stereocenters. The Balaban J connectivity index is 2.51. The maximum Gasteiger partial charge on any atom is 0.224 e. The molecule has 0 aromatic carbocycles. The number of nitrogens with zero attached hydrogens (tertiary/aromatic N) is 2. The molecule has 0 aliphatic rings. The monoisotopic (exact) mass is 252 g/mol. The third-order valence-corrected chi connectivity index (χ3v) is 2.98. The van der Waals surface area contributed by atoms with Crippen LogP contribution in [0.15, 0.2) is 6.20 Å². The van der Waals surface area contributed by atoms with Crippen LogP contribution in [0.3, 0.4) is 0 Å². The molecule has 5 nitrogen and oxygen atoms in total. The Morgan fingerprint density at radius 2 is 2.22 bits per heavy atom. The second-order valence-corrected chi connectivity index (χ2v) is 5.19. The van der Waals surface area contributed by atoms with Gasteiger partial charge in [-0.05, 0) is 19.3 Å². The van der Waals surface area contributed by atoms with Crippen molar-refractivity contribution < 1.29 is 4.79 Å². The van der Waals surface area contributed by atoms with Gasteiger partial charge in [-0.2, -0.15) is 5.10 Å². The van der Waals surface area contributed by atoms with Crippen molar-refractivity contribution in [3.8, 4) is 0 Å². The highest BCUT2D eigenvalue weighted by Crippen LogP contribution is 2.11. The molecule has 0 radical (unpaired) electrons. The Morgan fingerprint density at radius 1 is 1.56 bits per heavy atom. The Hall–Kier alpha value is -1.36. The molecule has 1 rings (SSSR count). The lowest BCUT2D eigenvalue weighted by atomic mass is 9.96. The van der Waals surface area contributed by atoms with Crippen LogP contribution in [0.2, 0.25) is 0 Å². The fourth-order valence-corrected chi connectivity index (χ4v) is 2.03. The van der Waals surface area contributed by atoms with Gasteiger partial charge in [0.15, 0.2) is 0 Å². The SMILES string of the molecule is Cc1nn(C)cc1CNC(=O)C(CN)CC(C)C. The molecule has 5 heteroatoms. The number of amides is 1.